The van der Waals surface area contributed by atoms with E-state index in [4.69, 9.17) is 16.3 Å². The molecule has 0 amide bonds. The Morgan fingerprint density at radius 1 is 1.26 bits per heavy atom. The van der Waals surface area contributed by atoms with Crippen LogP contribution >= 0.6 is 11.6 Å². The number of rotatable bonds is 4. The largest absolute Gasteiger partial charge is 0.489 e. The molecule has 19 heavy (non-hydrogen) atoms. The molecule has 0 saturated carbocycles. The van der Waals surface area contributed by atoms with E-state index in [1.165, 1.54) is 7.11 Å². The summed E-state index contributed by atoms with van der Waals surface area (Å²) >= 11 is 5.97. The van der Waals surface area contributed by atoms with Crippen molar-refractivity contribution in [1.82, 2.24) is 4.98 Å². The topological polar surface area (TPSA) is 48.4 Å². The first-order chi connectivity index (χ1) is 9.20. The average molecular weight is 278 g/mol. The molecule has 0 saturated heterocycles. The summed E-state index contributed by atoms with van der Waals surface area (Å²) in [6, 6.07) is 8.51. The van der Waals surface area contributed by atoms with Gasteiger partial charge in [0.05, 0.1) is 17.7 Å². The van der Waals surface area contributed by atoms with Gasteiger partial charge in [0.15, 0.2) is 0 Å². The van der Waals surface area contributed by atoms with Gasteiger partial charge in [-0.25, -0.2) is 4.79 Å². The van der Waals surface area contributed by atoms with Crippen molar-refractivity contribution in [3.8, 4) is 5.75 Å². The third kappa shape index (κ3) is 3.45. The van der Waals surface area contributed by atoms with E-state index in [9.17, 15) is 4.79 Å². The summed E-state index contributed by atoms with van der Waals surface area (Å²) in [5, 5.41) is 0.564. The fourth-order valence-corrected chi connectivity index (χ4v) is 1.66. The van der Waals surface area contributed by atoms with Crippen LogP contribution in [0, 0.1) is 0 Å². The number of pyridine rings is 1. The Bertz CT molecular complexity index is 569. The van der Waals surface area contributed by atoms with Gasteiger partial charge in [-0.05, 0) is 30.3 Å². The van der Waals surface area contributed by atoms with Gasteiger partial charge < -0.3 is 9.47 Å². The smallest absolute Gasteiger partial charge is 0.337 e. The summed E-state index contributed by atoms with van der Waals surface area (Å²) in [4.78, 5) is 15.2. The molecule has 5 heteroatoms. The van der Waals surface area contributed by atoms with E-state index in [1.807, 2.05) is 0 Å². The molecule has 0 aliphatic carbocycles. The lowest BCUT2D eigenvalue weighted by Crippen LogP contribution is -2.01. The molecule has 98 valence electrons. The van der Waals surface area contributed by atoms with Crippen LogP contribution in [0.25, 0.3) is 0 Å². The van der Waals surface area contributed by atoms with Gasteiger partial charge in [0.1, 0.15) is 12.4 Å². The van der Waals surface area contributed by atoms with Gasteiger partial charge in [-0.3, -0.25) is 4.98 Å². The molecule has 0 bridgehead atoms. The molecule has 0 aliphatic heterocycles. The number of esters is 1. The zero-order valence-corrected chi connectivity index (χ0v) is 11.1. The highest BCUT2D eigenvalue weighted by Gasteiger charge is 2.05. The number of aromatic nitrogens is 1. The lowest BCUT2D eigenvalue weighted by Gasteiger charge is -2.07. The van der Waals surface area contributed by atoms with Gasteiger partial charge in [0.2, 0.25) is 0 Å². The number of hydrogen-bond donors (Lipinski definition) is 0. The van der Waals surface area contributed by atoms with Crippen molar-refractivity contribution < 1.29 is 14.3 Å². The van der Waals surface area contributed by atoms with Crippen molar-refractivity contribution in [2.45, 2.75) is 6.61 Å². The maximum absolute atomic E-state index is 11.3. The molecule has 0 atom stereocenters. The minimum atomic E-state index is -0.372. The first-order valence-electron chi connectivity index (χ1n) is 5.60. The van der Waals surface area contributed by atoms with Crippen molar-refractivity contribution in [1.29, 1.82) is 0 Å². The highest BCUT2D eigenvalue weighted by Crippen LogP contribution is 2.18. The molecule has 0 radical (unpaired) electrons. The number of nitrogens with zero attached hydrogens (tertiary/aromatic N) is 1. The van der Waals surface area contributed by atoms with Crippen LogP contribution in [0.2, 0.25) is 5.02 Å². The SMILES string of the molecule is COC(=O)c1ccc(OCc2ccncc2Cl)cc1. The predicted octanol–water partition coefficient (Wildman–Crippen LogP) is 3.10. The first-order valence-corrected chi connectivity index (χ1v) is 5.98. The van der Waals surface area contributed by atoms with Crippen molar-refractivity contribution in [2.75, 3.05) is 7.11 Å². The second-order valence-corrected chi connectivity index (χ2v) is 4.18. The van der Waals surface area contributed by atoms with Crippen molar-refractivity contribution >= 4 is 17.6 Å². The third-order valence-electron chi connectivity index (χ3n) is 2.53. The summed E-state index contributed by atoms with van der Waals surface area (Å²) in [7, 11) is 1.35. The molecule has 2 rings (SSSR count). The molecule has 0 fully saturated rings. The number of carbonyl (C=O) groups is 1. The summed E-state index contributed by atoms with van der Waals surface area (Å²) in [5.74, 6) is 0.282. The summed E-state index contributed by atoms with van der Waals surface area (Å²) in [6.07, 6.45) is 3.23. The second kappa shape index (κ2) is 6.20. The van der Waals surface area contributed by atoms with Gasteiger partial charge in [0.25, 0.3) is 0 Å². The maximum atomic E-state index is 11.3. The molecule has 2 aromatic rings. The van der Waals surface area contributed by atoms with Crippen LogP contribution in [0.4, 0.5) is 0 Å². The second-order valence-electron chi connectivity index (χ2n) is 3.77. The van der Waals surface area contributed by atoms with E-state index in [-0.39, 0.29) is 5.97 Å². The highest BCUT2D eigenvalue weighted by molar-refractivity contribution is 6.31. The number of benzene rings is 1. The zero-order valence-electron chi connectivity index (χ0n) is 10.3. The van der Waals surface area contributed by atoms with E-state index in [1.54, 1.807) is 42.7 Å². The van der Waals surface area contributed by atoms with E-state index in [2.05, 4.69) is 9.72 Å². The molecular formula is C14H12ClNO3. The molecular weight excluding hydrogens is 266 g/mol. The Kier molecular flexibility index (Phi) is 4.36. The Labute approximate surface area is 115 Å². The molecule has 0 aliphatic rings. The van der Waals surface area contributed by atoms with E-state index < -0.39 is 0 Å². The normalized spacial score (nSPS) is 10.0. The lowest BCUT2D eigenvalue weighted by atomic mass is 10.2. The van der Waals surface area contributed by atoms with Crippen molar-refractivity contribution in [3.63, 3.8) is 0 Å². The van der Waals surface area contributed by atoms with Crippen molar-refractivity contribution in [2.24, 2.45) is 0 Å². The fraction of sp³-hybridized carbons (Fsp3) is 0.143. The minimum absolute atomic E-state index is 0.346. The Morgan fingerprint density at radius 2 is 2.00 bits per heavy atom. The molecule has 0 spiro atoms. The molecule has 1 heterocycles. The molecule has 1 aromatic heterocycles. The predicted molar refractivity (Wildman–Crippen MR) is 71.4 cm³/mol. The Balaban J connectivity index is 2.01. The quantitative estimate of drug-likeness (QED) is 0.806. The number of halogens is 1. The standard InChI is InChI=1S/C14H12ClNO3/c1-18-14(17)10-2-4-12(5-3-10)19-9-11-6-7-16-8-13(11)15/h2-8H,9H2,1H3. The van der Waals surface area contributed by atoms with Crippen LogP contribution in [0.1, 0.15) is 15.9 Å². The third-order valence-corrected chi connectivity index (χ3v) is 2.87. The first kappa shape index (κ1) is 13.4. The monoisotopic (exact) mass is 277 g/mol. The Hall–Kier alpha value is -2.07. The van der Waals surface area contributed by atoms with Gasteiger partial charge in [-0.1, -0.05) is 11.6 Å². The van der Waals surface area contributed by atoms with E-state index >= 15 is 0 Å². The van der Waals surface area contributed by atoms with Gasteiger partial charge >= 0.3 is 5.97 Å². The average Bonchev–Trinajstić information content (AvgIpc) is 2.46. The van der Waals surface area contributed by atoms with Gasteiger partial charge in [-0.2, -0.15) is 0 Å². The number of hydrogen-bond acceptors (Lipinski definition) is 4. The van der Waals surface area contributed by atoms with Crippen LogP contribution < -0.4 is 4.74 Å². The van der Waals surface area contributed by atoms with Crippen molar-refractivity contribution in [3.05, 3.63) is 58.9 Å². The number of methoxy groups -OCH3 is 1. The summed E-state index contributed by atoms with van der Waals surface area (Å²) in [5.41, 5.74) is 1.34. The fourth-order valence-electron chi connectivity index (χ4n) is 1.49. The van der Waals surface area contributed by atoms with E-state index in [0.717, 1.165) is 5.56 Å². The maximum Gasteiger partial charge on any atom is 0.337 e. The Morgan fingerprint density at radius 3 is 2.63 bits per heavy atom. The molecule has 1 aromatic carbocycles. The van der Waals surface area contributed by atoms with Gasteiger partial charge in [-0.15, -0.1) is 0 Å². The number of ether oxygens (including phenoxy) is 2. The molecule has 4 nitrogen and oxygen atoms in total. The van der Waals surface area contributed by atoms with Crippen LogP contribution in [-0.2, 0) is 11.3 Å². The lowest BCUT2D eigenvalue weighted by molar-refractivity contribution is 0.0600. The van der Waals surface area contributed by atoms with Crippen LogP contribution in [0.5, 0.6) is 5.75 Å². The van der Waals surface area contributed by atoms with Gasteiger partial charge in [0, 0.05) is 18.0 Å². The number of carbonyl (C=O) groups excluding carboxylic acids is 1. The minimum Gasteiger partial charge on any atom is -0.489 e. The highest BCUT2D eigenvalue weighted by atomic mass is 35.5. The zero-order chi connectivity index (χ0) is 13.7. The van der Waals surface area contributed by atoms with E-state index in [0.29, 0.717) is 22.9 Å². The van der Waals surface area contributed by atoms with Crippen LogP contribution in [0.15, 0.2) is 42.7 Å². The van der Waals surface area contributed by atoms with Crippen LogP contribution in [-0.4, -0.2) is 18.1 Å². The van der Waals surface area contributed by atoms with Crippen LogP contribution in [0.3, 0.4) is 0 Å². The molecule has 0 N–H and O–H groups in total. The summed E-state index contributed by atoms with van der Waals surface area (Å²) in [6.45, 7) is 0.346. The summed E-state index contributed by atoms with van der Waals surface area (Å²) < 4.78 is 10.2. The molecule has 0 unspecified atom stereocenters.